The Bertz CT molecular complexity index is 1240. The van der Waals surface area contributed by atoms with Gasteiger partial charge in [0.25, 0.3) is 11.8 Å². The van der Waals surface area contributed by atoms with Crippen LogP contribution in [0.3, 0.4) is 0 Å². The number of carbonyl (C=O) groups excluding carboxylic acids is 3. The van der Waals surface area contributed by atoms with E-state index in [1.165, 1.54) is 41.0 Å². The summed E-state index contributed by atoms with van der Waals surface area (Å²) in [5, 5.41) is 2.10. The molecule has 1 saturated heterocycles. The highest BCUT2D eigenvalue weighted by molar-refractivity contribution is 6.39. The van der Waals surface area contributed by atoms with Gasteiger partial charge in [-0.2, -0.15) is 0 Å². The van der Waals surface area contributed by atoms with Crippen LogP contribution in [0.1, 0.15) is 27.8 Å². The number of nitrogens with one attached hydrogen (secondary N) is 1. The number of rotatable bonds is 4. The van der Waals surface area contributed by atoms with Gasteiger partial charge in [0, 0.05) is 0 Å². The minimum atomic E-state index is -0.981. The van der Waals surface area contributed by atoms with E-state index in [0.29, 0.717) is 10.5 Å². The monoisotopic (exact) mass is 428 g/mol. The molecule has 1 N–H and O–H groups in total. The Morgan fingerprint density at radius 1 is 0.875 bits per heavy atom. The fourth-order valence-electron chi connectivity index (χ4n) is 3.81. The van der Waals surface area contributed by atoms with Gasteiger partial charge >= 0.3 is 6.03 Å². The average molecular weight is 428 g/mol. The molecule has 0 aromatic heterocycles. The standard InChI is InChI=1S/C26H21FN2O3/c1-16-11-17(2)13-20(12-16)14-18-7-9-19(10-8-18)15-21-24(30)28-26(32)29(25(21)31)23-6-4-3-5-22(23)27/h3-13,15H,14H2,1-2H3,(H,28,30,32)/b21-15-. The largest absolute Gasteiger partial charge is 0.336 e. The number of anilines is 1. The minimum Gasteiger partial charge on any atom is -0.273 e. The molecule has 1 aliphatic heterocycles. The van der Waals surface area contributed by atoms with E-state index in [1.807, 2.05) is 12.1 Å². The lowest BCUT2D eigenvalue weighted by atomic mass is 9.99. The Morgan fingerprint density at radius 2 is 1.53 bits per heavy atom. The molecule has 6 heteroatoms. The van der Waals surface area contributed by atoms with Gasteiger partial charge in [-0.05, 0) is 55.2 Å². The highest BCUT2D eigenvalue weighted by Crippen LogP contribution is 2.24. The first kappa shape index (κ1) is 21.2. The highest BCUT2D eigenvalue weighted by atomic mass is 19.1. The fourth-order valence-corrected chi connectivity index (χ4v) is 3.81. The molecule has 0 unspecified atom stereocenters. The smallest absolute Gasteiger partial charge is 0.273 e. The minimum absolute atomic E-state index is 0.211. The number of para-hydroxylation sites is 1. The zero-order valence-electron chi connectivity index (χ0n) is 17.7. The van der Waals surface area contributed by atoms with Crippen molar-refractivity contribution in [3.05, 3.63) is 106 Å². The van der Waals surface area contributed by atoms with Gasteiger partial charge in [0.2, 0.25) is 0 Å². The molecule has 4 rings (SSSR count). The quantitative estimate of drug-likeness (QED) is 0.484. The number of nitrogens with zero attached hydrogens (tertiary/aromatic N) is 1. The van der Waals surface area contributed by atoms with Crippen molar-refractivity contribution in [2.75, 3.05) is 4.90 Å². The van der Waals surface area contributed by atoms with Crippen molar-refractivity contribution in [3.8, 4) is 0 Å². The SMILES string of the molecule is Cc1cc(C)cc(Cc2ccc(/C=C3/C(=O)NC(=O)N(c4ccccc4F)C3=O)cc2)c1. The molecule has 0 spiro atoms. The van der Waals surface area contributed by atoms with E-state index in [1.54, 1.807) is 12.1 Å². The maximum atomic E-state index is 14.2. The summed E-state index contributed by atoms with van der Waals surface area (Å²) in [6.07, 6.45) is 2.16. The maximum absolute atomic E-state index is 14.2. The van der Waals surface area contributed by atoms with Crippen LogP contribution in [0.4, 0.5) is 14.9 Å². The maximum Gasteiger partial charge on any atom is 0.336 e. The summed E-state index contributed by atoms with van der Waals surface area (Å²) in [6.45, 7) is 4.13. The van der Waals surface area contributed by atoms with Crippen LogP contribution in [0.25, 0.3) is 6.08 Å². The lowest BCUT2D eigenvalue weighted by Gasteiger charge is -2.26. The number of barbiturate groups is 1. The number of urea groups is 1. The lowest BCUT2D eigenvalue weighted by Crippen LogP contribution is -2.54. The molecule has 0 atom stereocenters. The lowest BCUT2D eigenvalue weighted by molar-refractivity contribution is -0.122. The zero-order chi connectivity index (χ0) is 22.8. The molecule has 0 bridgehead atoms. The van der Waals surface area contributed by atoms with Gasteiger partial charge in [-0.1, -0.05) is 65.7 Å². The topological polar surface area (TPSA) is 66.5 Å². The third-order valence-electron chi connectivity index (χ3n) is 5.18. The zero-order valence-corrected chi connectivity index (χ0v) is 17.7. The highest BCUT2D eigenvalue weighted by Gasteiger charge is 2.37. The Labute approximate surface area is 185 Å². The summed E-state index contributed by atoms with van der Waals surface area (Å²) in [7, 11) is 0. The molecule has 5 nitrogen and oxygen atoms in total. The van der Waals surface area contributed by atoms with Crippen LogP contribution in [-0.4, -0.2) is 17.8 Å². The third-order valence-corrected chi connectivity index (χ3v) is 5.18. The number of benzene rings is 3. The second kappa shape index (κ2) is 8.59. The van der Waals surface area contributed by atoms with Crippen molar-refractivity contribution < 1.29 is 18.8 Å². The summed E-state index contributed by atoms with van der Waals surface area (Å²) in [5.74, 6) is -2.42. The summed E-state index contributed by atoms with van der Waals surface area (Å²) in [5.41, 5.74) is 4.87. The van der Waals surface area contributed by atoms with Gasteiger partial charge in [0.1, 0.15) is 11.4 Å². The first-order valence-corrected chi connectivity index (χ1v) is 10.1. The van der Waals surface area contributed by atoms with Crippen molar-refractivity contribution in [2.45, 2.75) is 20.3 Å². The van der Waals surface area contributed by atoms with Gasteiger partial charge in [0.15, 0.2) is 0 Å². The molecule has 0 saturated carbocycles. The Kier molecular flexibility index (Phi) is 5.69. The molecule has 1 heterocycles. The second-order valence-corrected chi connectivity index (χ2v) is 7.82. The van der Waals surface area contributed by atoms with Crippen LogP contribution >= 0.6 is 0 Å². The number of carbonyl (C=O) groups is 3. The van der Waals surface area contributed by atoms with E-state index in [-0.39, 0.29) is 11.3 Å². The molecule has 0 aliphatic carbocycles. The molecular weight excluding hydrogens is 407 g/mol. The van der Waals surface area contributed by atoms with E-state index in [0.717, 1.165) is 18.1 Å². The molecule has 1 fully saturated rings. The third kappa shape index (κ3) is 4.34. The Morgan fingerprint density at radius 3 is 2.19 bits per heavy atom. The molecule has 0 radical (unpaired) electrons. The van der Waals surface area contributed by atoms with Crippen molar-refractivity contribution in [1.29, 1.82) is 0 Å². The van der Waals surface area contributed by atoms with Crippen molar-refractivity contribution in [2.24, 2.45) is 0 Å². The number of hydrogen-bond acceptors (Lipinski definition) is 3. The number of amides is 4. The molecular formula is C26H21FN2O3. The van der Waals surface area contributed by atoms with Crippen LogP contribution in [0.2, 0.25) is 0 Å². The van der Waals surface area contributed by atoms with E-state index in [9.17, 15) is 18.8 Å². The Hall–Kier alpha value is -4.06. The number of imide groups is 2. The van der Waals surface area contributed by atoms with Crippen LogP contribution in [0.5, 0.6) is 0 Å². The van der Waals surface area contributed by atoms with Crippen LogP contribution in [-0.2, 0) is 16.0 Å². The van der Waals surface area contributed by atoms with Crippen LogP contribution in [0, 0.1) is 19.7 Å². The van der Waals surface area contributed by atoms with Crippen LogP contribution in [0.15, 0.2) is 72.3 Å². The summed E-state index contributed by atoms with van der Waals surface area (Å²) < 4.78 is 14.2. The summed E-state index contributed by atoms with van der Waals surface area (Å²) in [6, 6.07) is 18.3. The number of halogens is 1. The molecule has 3 aromatic rings. The molecule has 1 aliphatic rings. The molecule has 32 heavy (non-hydrogen) atoms. The normalized spacial score (nSPS) is 15.3. The Balaban J connectivity index is 1.59. The summed E-state index contributed by atoms with van der Waals surface area (Å²) >= 11 is 0. The van der Waals surface area contributed by atoms with Gasteiger partial charge in [-0.15, -0.1) is 0 Å². The van der Waals surface area contributed by atoms with E-state index < -0.39 is 23.7 Å². The molecule has 4 amide bonds. The second-order valence-electron chi connectivity index (χ2n) is 7.82. The van der Waals surface area contributed by atoms with Gasteiger partial charge in [0.05, 0.1) is 5.69 Å². The summed E-state index contributed by atoms with van der Waals surface area (Å²) in [4.78, 5) is 38.0. The van der Waals surface area contributed by atoms with E-state index in [2.05, 4.69) is 37.4 Å². The molecule has 160 valence electrons. The van der Waals surface area contributed by atoms with Gasteiger partial charge in [-0.3, -0.25) is 14.9 Å². The van der Waals surface area contributed by atoms with Crippen molar-refractivity contribution in [3.63, 3.8) is 0 Å². The molecule has 3 aromatic carbocycles. The van der Waals surface area contributed by atoms with Crippen LogP contribution < -0.4 is 10.2 Å². The van der Waals surface area contributed by atoms with Gasteiger partial charge < -0.3 is 0 Å². The van der Waals surface area contributed by atoms with Gasteiger partial charge in [-0.25, -0.2) is 14.1 Å². The van der Waals surface area contributed by atoms with Crippen molar-refractivity contribution in [1.82, 2.24) is 5.32 Å². The predicted molar refractivity (Wildman–Crippen MR) is 121 cm³/mol. The number of hydrogen-bond donors (Lipinski definition) is 1. The average Bonchev–Trinajstić information content (AvgIpc) is 2.73. The van der Waals surface area contributed by atoms with E-state index >= 15 is 0 Å². The van der Waals surface area contributed by atoms with Crippen molar-refractivity contribution >= 4 is 29.6 Å². The number of aryl methyl sites for hydroxylation is 2. The predicted octanol–water partition coefficient (Wildman–Crippen LogP) is 4.70. The first-order chi connectivity index (χ1) is 15.3. The fraction of sp³-hybridized carbons (Fsp3) is 0.115. The first-order valence-electron chi connectivity index (χ1n) is 10.1. The van der Waals surface area contributed by atoms with E-state index in [4.69, 9.17) is 0 Å².